The van der Waals surface area contributed by atoms with Crippen molar-refractivity contribution in [3.05, 3.63) is 107 Å². The fraction of sp³-hybridized carbons (Fsp3) is 0.273. The molecule has 0 fully saturated rings. The standard InChI is InChI=1S/C33H34/c1-32(2,3)29-21-28-25(19-27(29)23-15-11-8-12-16-23)18-26-17-24(22-13-9-7-10-14-22)20-30(31(26)28)33(4,5)6/h7-17,19-21H,18H2,1-6H3. The Labute approximate surface area is 199 Å². The van der Waals surface area contributed by atoms with Gasteiger partial charge in [0.15, 0.2) is 0 Å². The zero-order valence-corrected chi connectivity index (χ0v) is 20.8. The molecule has 0 heteroatoms. The van der Waals surface area contributed by atoms with Gasteiger partial charge in [-0.1, -0.05) is 108 Å². The lowest BCUT2D eigenvalue weighted by Crippen LogP contribution is -2.15. The summed E-state index contributed by atoms with van der Waals surface area (Å²) in [5, 5.41) is 0. The van der Waals surface area contributed by atoms with Crippen molar-refractivity contribution in [3.8, 4) is 33.4 Å². The van der Waals surface area contributed by atoms with Gasteiger partial charge in [0.25, 0.3) is 0 Å². The smallest absolute Gasteiger partial charge is 0.00129 e. The molecule has 0 nitrogen and oxygen atoms in total. The van der Waals surface area contributed by atoms with Gasteiger partial charge in [0.05, 0.1) is 0 Å². The first kappa shape index (κ1) is 21.7. The lowest BCUT2D eigenvalue weighted by molar-refractivity contribution is 0.590. The summed E-state index contributed by atoms with van der Waals surface area (Å²) in [6, 6.07) is 31.5. The first-order valence-corrected chi connectivity index (χ1v) is 12.1. The van der Waals surface area contributed by atoms with E-state index in [1.54, 1.807) is 0 Å². The van der Waals surface area contributed by atoms with E-state index in [1.807, 2.05) is 0 Å². The van der Waals surface area contributed by atoms with Gasteiger partial charge in [0.1, 0.15) is 0 Å². The van der Waals surface area contributed by atoms with Crippen LogP contribution in [0.15, 0.2) is 84.9 Å². The Balaban J connectivity index is 1.77. The molecular formula is C33H34. The van der Waals surface area contributed by atoms with Crippen LogP contribution in [0.5, 0.6) is 0 Å². The predicted octanol–water partition coefficient (Wildman–Crippen LogP) is 9.19. The van der Waals surface area contributed by atoms with Crippen LogP contribution in [0.3, 0.4) is 0 Å². The molecule has 4 aromatic carbocycles. The molecule has 0 aromatic heterocycles. The topological polar surface area (TPSA) is 0 Å². The minimum absolute atomic E-state index is 0.0643. The van der Waals surface area contributed by atoms with Crippen LogP contribution in [0.1, 0.15) is 63.8 Å². The second-order valence-electron chi connectivity index (χ2n) is 11.5. The molecule has 33 heavy (non-hydrogen) atoms. The van der Waals surface area contributed by atoms with E-state index in [1.165, 1.54) is 55.6 Å². The Morgan fingerprint density at radius 3 is 1.64 bits per heavy atom. The van der Waals surface area contributed by atoms with Gasteiger partial charge in [0.2, 0.25) is 0 Å². The molecule has 0 atom stereocenters. The number of hydrogen-bond acceptors (Lipinski definition) is 0. The van der Waals surface area contributed by atoms with Gasteiger partial charge >= 0.3 is 0 Å². The van der Waals surface area contributed by atoms with Crippen LogP contribution in [0.4, 0.5) is 0 Å². The average molecular weight is 431 g/mol. The third-order valence-electron chi connectivity index (χ3n) is 6.92. The summed E-state index contributed by atoms with van der Waals surface area (Å²) >= 11 is 0. The molecular weight excluding hydrogens is 396 g/mol. The molecule has 0 heterocycles. The van der Waals surface area contributed by atoms with E-state index >= 15 is 0 Å². The van der Waals surface area contributed by atoms with Crippen molar-refractivity contribution in [1.29, 1.82) is 0 Å². The highest BCUT2D eigenvalue weighted by atomic mass is 14.3. The highest BCUT2D eigenvalue weighted by molar-refractivity contribution is 5.87. The zero-order valence-electron chi connectivity index (χ0n) is 20.8. The van der Waals surface area contributed by atoms with Crippen LogP contribution in [0.2, 0.25) is 0 Å². The summed E-state index contributed by atoms with van der Waals surface area (Å²) in [4.78, 5) is 0. The minimum atomic E-state index is 0.0643. The summed E-state index contributed by atoms with van der Waals surface area (Å²) in [5.41, 5.74) is 14.1. The molecule has 0 radical (unpaired) electrons. The van der Waals surface area contributed by atoms with Crippen molar-refractivity contribution in [1.82, 2.24) is 0 Å². The molecule has 1 aliphatic carbocycles. The summed E-state index contributed by atoms with van der Waals surface area (Å²) in [6.07, 6.45) is 0.999. The largest absolute Gasteiger partial charge is 0.0622 e. The van der Waals surface area contributed by atoms with Gasteiger partial charge in [-0.25, -0.2) is 0 Å². The summed E-state index contributed by atoms with van der Waals surface area (Å²) in [5.74, 6) is 0. The Hall–Kier alpha value is -3.12. The van der Waals surface area contributed by atoms with E-state index in [4.69, 9.17) is 0 Å². The maximum Gasteiger partial charge on any atom is -0.00129 e. The number of rotatable bonds is 2. The molecule has 1 aliphatic rings. The van der Waals surface area contributed by atoms with Gasteiger partial charge in [-0.2, -0.15) is 0 Å². The minimum Gasteiger partial charge on any atom is -0.0622 e. The Morgan fingerprint density at radius 1 is 0.485 bits per heavy atom. The molecule has 0 unspecified atom stereocenters. The molecule has 4 aromatic rings. The Morgan fingerprint density at radius 2 is 1.06 bits per heavy atom. The molecule has 0 N–H and O–H groups in total. The van der Waals surface area contributed by atoms with Crippen molar-refractivity contribution in [2.24, 2.45) is 0 Å². The van der Waals surface area contributed by atoms with Crippen molar-refractivity contribution in [3.63, 3.8) is 0 Å². The predicted molar refractivity (Wildman–Crippen MR) is 143 cm³/mol. The molecule has 0 bridgehead atoms. The Bertz CT molecular complexity index is 1310. The highest BCUT2D eigenvalue weighted by Crippen LogP contribution is 2.48. The first-order chi connectivity index (χ1) is 15.6. The van der Waals surface area contributed by atoms with Crippen LogP contribution in [0, 0.1) is 0 Å². The highest BCUT2D eigenvalue weighted by Gasteiger charge is 2.30. The lowest BCUT2D eigenvalue weighted by Gasteiger charge is -2.27. The summed E-state index contributed by atoms with van der Waals surface area (Å²) in [7, 11) is 0. The molecule has 5 rings (SSSR count). The molecule has 0 saturated heterocycles. The SMILES string of the molecule is CC(C)(C)c1cc2c(cc1-c1ccccc1)Cc1cc(-c3ccccc3)cc(C(C)(C)C)c1-2. The van der Waals surface area contributed by atoms with Crippen LogP contribution >= 0.6 is 0 Å². The number of hydrogen-bond donors (Lipinski definition) is 0. The normalized spacial score (nSPS) is 13.0. The van der Waals surface area contributed by atoms with E-state index < -0.39 is 0 Å². The van der Waals surface area contributed by atoms with Crippen LogP contribution in [-0.4, -0.2) is 0 Å². The second kappa shape index (κ2) is 7.73. The van der Waals surface area contributed by atoms with E-state index in [-0.39, 0.29) is 10.8 Å². The van der Waals surface area contributed by atoms with Gasteiger partial charge in [0, 0.05) is 0 Å². The monoisotopic (exact) mass is 430 g/mol. The zero-order chi connectivity index (χ0) is 23.4. The third kappa shape index (κ3) is 3.93. The average Bonchev–Trinajstić information content (AvgIpc) is 3.15. The fourth-order valence-corrected chi connectivity index (χ4v) is 5.25. The molecule has 166 valence electrons. The second-order valence-corrected chi connectivity index (χ2v) is 11.5. The third-order valence-corrected chi connectivity index (χ3v) is 6.92. The van der Waals surface area contributed by atoms with Crippen molar-refractivity contribution in [2.45, 2.75) is 58.8 Å². The summed E-state index contributed by atoms with van der Waals surface area (Å²) in [6.45, 7) is 14.0. The van der Waals surface area contributed by atoms with E-state index in [9.17, 15) is 0 Å². The van der Waals surface area contributed by atoms with Crippen molar-refractivity contribution >= 4 is 0 Å². The summed E-state index contributed by atoms with van der Waals surface area (Å²) < 4.78 is 0. The molecule has 0 amide bonds. The van der Waals surface area contributed by atoms with E-state index in [0.29, 0.717) is 0 Å². The number of benzene rings is 4. The van der Waals surface area contributed by atoms with Crippen LogP contribution in [-0.2, 0) is 17.3 Å². The Kier molecular flexibility index (Phi) is 5.09. The first-order valence-electron chi connectivity index (χ1n) is 12.1. The van der Waals surface area contributed by atoms with Gasteiger partial charge < -0.3 is 0 Å². The molecule has 0 spiro atoms. The van der Waals surface area contributed by atoms with Crippen molar-refractivity contribution < 1.29 is 0 Å². The van der Waals surface area contributed by atoms with Gasteiger partial charge in [-0.05, 0) is 91.1 Å². The van der Waals surface area contributed by atoms with Gasteiger partial charge in [-0.15, -0.1) is 0 Å². The fourth-order valence-electron chi connectivity index (χ4n) is 5.25. The van der Waals surface area contributed by atoms with E-state index in [0.717, 1.165) is 6.42 Å². The number of fused-ring (bicyclic) bond motifs is 3. The lowest BCUT2D eigenvalue weighted by atomic mass is 9.77. The molecule has 0 aliphatic heterocycles. The van der Waals surface area contributed by atoms with Gasteiger partial charge in [-0.3, -0.25) is 0 Å². The van der Waals surface area contributed by atoms with Crippen LogP contribution < -0.4 is 0 Å². The quantitative estimate of drug-likeness (QED) is 0.262. The van der Waals surface area contributed by atoms with Crippen molar-refractivity contribution in [2.75, 3.05) is 0 Å². The van der Waals surface area contributed by atoms with E-state index in [2.05, 4.69) is 126 Å². The molecule has 0 saturated carbocycles. The maximum absolute atomic E-state index is 2.50. The van der Waals surface area contributed by atoms with Crippen LogP contribution in [0.25, 0.3) is 33.4 Å². The maximum atomic E-state index is 2.50.